The fraction of sp³-hybridized carbons (Fsp3) is 0.214. The third-order valence-corrected chi connectivity index (χ3v) is 2.21. The van der Waals surface area contributed by atoms with Crippen LogP contribution in [0.1, 0.15) is 11.1 Å². The summed E-state index contributed by atoms with van der Waals surface area (Å²) < 4.78 is 4.76. The number of nitriles is 1. The third kappa shape index (κ3) is 6.33. The molecule has 0 spiro atoms. The van der Waals surface area contributed by atoms with E-state index in [2.05, 4.69) is 5.32 Å². The lowest BCUT2D eigenvalue weighted by Crippen LogP contribution is -2.26. The fourth-order valence-electron chi connectivity index (χ4n) is 1.35. The van der Waals surface area contributed by atoms with Gasteiger partial charge in [-0.2, -0.15) is 5.26 Å². The van der Waals surface area contributed by atoms with Gasteiger partial charge in [-0.15, -0.1) is 0 Å². The standard InChI is InChI=1S/C14H14N2O4/c15-9-12-3-1-2-11(8-12)4-5-13(17)16-6-7-20-10-14(18)19/h1-5,8H,6-7,10H2,(H,16,17)(H,18,19). The lowest BCUT2D eigenvalue weighted by Gasteiger charge is -2.02. The van der Waals surface area contributed by atoms with Crippen molar-refractivity contribution in [3.05, 3.63) is 41.5 Å². The number of carboxylic acids is 1. The molecule has 0 heterocycles. The number of ether oxygens (including phenoxy) is 1. The van der Waals surface area contributed by atoms with Crippen molar-refractivity contribution in [2.45, 2.75) is 0 Å². The quantitative estimate of drug-likeness (QED) is 0.565. The molecule has 0 bridgehead atoms. The van der Waals surface area contributed by atoms with Crippen LogP contribution in [0.2, 0.25) is 0 Å². The largest absolute Gasteiger partial charge is 0.480 e. The van der Waals surface area contributed by atoms with Gasteiger partial charge in [0, 0.05) is 12.6 Å². The molecule has 0 aliphatic rings. The summed E-state index contributed by atoms with van der Waals surface area (Å²) in [4.78, 5) is 21.6. The lowest BCUT2D eigenvalue weighted by molar-refractivity contribution is -0.142. The van der Waals surface area contributed by atoms with Crippen molar-refractivity contribution in [2.24, 2.45) is 0 Å². The average Bonchev–Trinajstić information content (AvgIpc) is 2.44. The van der Waals surface area contributed by atoms with Crippen molar-refractivity contribution >= 4 is 18.0 Å². The van der Waals surface area contributed by atoms with Crippen molar-refractivity contribution in [3.8, 4) is 6.07 Å². The van der Waals surface area contributed by atoms with Crippen LogP contribution in [-0.4, -0.2) is 36.7 Å². The summed E-state index contributed by atoms with van der Waals surface area (Å²) in [5.74, 6) is -1.36. The van der Waals surface area contributed by atoms with E-state index in [1.165, 1.54) is 6.08 Å². The highest BCUT2D eigenvalue weighted by Gasteiger charge is 1.98. The summed E-state index contributed by atoms with van der Waals surface area (Å²) >= 11 is 0. The Labute approximate surface area is 116 Å². The number of aliphatic carboxylic acids is 1. The topological polar surface area (TPSA) is 99.4 Å². The first-order chi connectivity index (χ1) is 9.61. The summed E-state index contributed by atoms with van der Waals surface area (Å²) in [6, 6.07) is 8.87. The highest BCUT2D eigenvalue weighted by atomic mass is 16.5. The number of amides is 1. The minimum absolute atomic E-state index is 0.135. The first-order valence-electron chi connectivity index (χ1n) is 5.87. The monoisotopic (exact) mass is 274 g/mol. The van der Waals surface area contributed by atoms with Crippen LogP contribution in [0.5, 0.6) is 0 Å². The molecule has 1 aromatic rings. The number of nitrogens with zero attached hydrogens (tertiary/aromatic N) is 1. The number of hydrogen-bond donors (Lipinski definition) is 2. The van der Waals surface area contributed by atoms with Crippen molar-refractivity contribution in [2.75, 3.05) is 19.8 Å². The predicted octanol–water partition coefficient (Wildman–Crippen LogP) is 0.789. The SMILES string of the molecule is N#Cc1cccc(C=CC(=O)NCCOCC(=O)O)c1. The molecule has 1 amide bonds. The summed E-state index contributed by atoms with van der Waals surface area (Å²) in [5.41, 5.74) is 1.27. The van der Waals surface area contributed by atoms with Crippen LogP contribution >= 0.6 is 0 Å². The van der Waals surface area contributed by atoms with Gasteiger partial charge in [0.15, 0.2) is 0 Å². The zero-order chi connectivity index (χ0) is 14.8. The van der Waals surface area contributed by atoms with E-state index in [4.69, 9.17) is 15.1 Å². The van der Waals surface area contributed by atoms with Crippen molar-refractivity contribution in [3.63, 3.8) is 0 Å². The van der Waals surface area contributed by atoms with Gasteiger partial charge in [0.2, 0.25) is 5.91 Å². The third-order valence-electron chi connectivity index (χ3n) is 2.21. The molecule has 6 nitrogen and oxygen atoms in total. The van der Waals surface area contributed by atoms with Gasteiger partial charge in [-0.1, -0.05) is 12.1 Å². The molecular weight excluding hydrogens is 260 g/mol. The number of hydrogen-bond acceptors (Lipinski definition) is 4. The first-order valence-corrected chi connectivity index (χ1v) is 5.87. The second kappa shape index (κ2) is 8.45. The van der Waals surface area contributed by atoms with Gasteiger partial charge in [-0.3, -0.25) is 4.79 Å². The second-order valence-corrected chi connectivity index (χ2v) is 3.81. The minimum Gasteiger partial charge on any atom is -0.480 e. The number of carboxylic acid groups (broad SMARTS) is 1. The zero-order valence-corrected chi connectivity index (χ0v) is 10.7. The molecule has 1 rings (SSSR count). The molecule has 6 heteroatoms. The Balaban J connectivity index is 2.32. The van der Waals surface area contributed by atoms with Crippen LogP contribution in [-0.2, 0) is 14.3 Å². The van der Waals surface area contributed by atoms with Crippen LogP contribution in [0.25, 0.3) is 6.08 Å². The molecule has 1 aromatic carbocycles. The molecule has 0 aromatic heterocycles. The summed E-state index contributed by atoms with van der Waals surface area (Å²) in [6.45, 7) is -0.0167. The van der Waals surface area contributed by atoms with Crippen molar-refractivity contribution < 1.29 is 19.4 Å². The number of rotatable bonds is 7. The summed E-state index contributed by atoms with van der Waals surface area (Å²) in [7, 11) is 0. The van der Waals surface area contributed by atoms with E-state index in [1.807, 2.05) is 6.07 Å². The molecule has 0 aliphatic carbocycles. The van der Waals surface area contributed by atoms with E-state index in [0.29, 0.717) is 5.56 Å². The Morgan fingerprint density at radius 1 is 1.45 bits per heavy atom. The van der Waals surface area contributed by atoms with Gasteiger partial charge in [0.25, 0.3) is 0 Å². The molecule has 2 N–H and O–H groups in total. The van der Waals surface area contributed by atoms with Crippen LogP contribution < -0.4 is 5.32 Å². The van der Waals surface area contributed by atoms with Crippen LogP contribution in [0, 0.1) is 11.3 Å². The molecule has 0 radical (unpaired) electrons. The summed E-state index contributed by atoms with van der Waals surface area (Å²) in [5, 5.41) is 19.6. The maximum absolute atomic E-state index is 11.4. The van der Waals surface area contributed by atoms with E-state index < -0.39 is 5.97 Å². The Morgan fingerprint density at radius 2 is 2.25 bits per heavy atom. The first kappa shape index (κ1) is 15.4. The van der Waals surface area contributed by atoms with Gasteiger partial charge in [0.05, 0.1) is 18.2 Å². The Morgan fingerprint density at radius 3 is 2.95 bits per heavy atom. The maximum atomic E-state index is 11.4. The Kier molecular flexibility index (Phi) is 6.51. The molecule has 0 aliphatic heterocycles. The molecule has 20 heavy (non-hydrogen) atoms. The normalized spacial score (nSPS) is 10.2. The molecule has 104 valence electrons. The van der Waals surface area contributed by atoms with Gasteiger partial charge < -0.3 is 15.2 Å². The molecule has 0 saturated heterocycles. The van der Waals surface area contributed by atoms with Gasteiger partial charge in [-0.05, 0) is 23.8 Å². The van der Waals surface area contributed by atoms with Crippen molar-refractivity contribution in [1.29, 1.82) is 5.26 Å². The molecule has 0 unspecified atom stereocenters. The van der Waals surface area contributed by atoms with Crippen LogP contribution in [0.3, 0.4) is 0 Å². The van der Waals surface area contributed by atoms with Gasteiger partial charge in [0.1, 0.15) is 6.61 Å². The van der Waals surface area contributed by atoms with E-state index >= 15 is 0 Å². The average molecular weight is 274 g/mol. The Hall–Kier alpha value is -2.65. The fourth-order valence-corrected chi connectivity index (χ4v) is 1.35. The lowest BCUT2D eigenvalue weighted by atomic mass is 10.1. The highest BCUT2D eigenvalue weighted by molar-refractivity contribution is 5.91. The zero-order valence-electron chi connectivity index (χ0n) is 10.7. The molecular formula is C14H14N2O4. The van der Waals surface area contributed by atoms with Crippen LogP contribution in [0.4, 0.5) is 0 Å². The predicted molar refractivity (Wildman–Crippen MR) is 71.7 cm³/mol. The summed E-state index contributed by atoms with van der Waals surface area (Å²) in [6.07, 6.45) is 2.93. The number of carbonyl (C=O) groups is 2. The maximum Gasteiger partial charge on any atom is 0.329 e. The van der Waals surface area contributed by atoms with Crippen LogP contribution in [0.15, 0.2) is 30.3 Å². The number of carbonyl (C=O) groups excluding carboxylic acids is 1. The van der Waals surface area contributed by atoms with E-state index in [0.717, 1.165) is 5.56 Å². The van der Waals surface area contributed by atoms with E-state index in [9.17, 15) is 9.59 Å². The number of benzene rings is 1. The van der Waals surface area contributed by atoms with E-state index in [1.54, 1.807) is 30.3 Å². The molecule has 0 fully saturated rings. The second-order valence-electron chi connectivity index (χ2n) is 3.81. The Bertz CT molecular complexity index is 546. The number of nitrogens with one attached hydrogen (secondary N) is 1. The van der Waals surface area contributed by atoms with E-state index in [-0.39, 0.29) is 25.7 Å². The molecule has 0 saturated carbocycles. The smallest absolute Gasteiger partial charge is 0.329 e. The minimum atomic E-state index is -1.05. The highest BCUT2D eigenvalue weighted by Crippen LogP contribution is 2.05. The van der Waals surface area contributed by atoms with Gasteiger partial charge in [-0.25, -0.2) is 4.79 Å². The van der Waals surface area contributed by atoms with Gasteiger partial charge >= 0.3 is 5.97 Å². The molecule has 0 atom stereocenters. The van der Waals surface area contributed by atoms with Crippen molar-refractivity contribution in [1.82, 2.24) is 5.32 Å².